The molecule has 0 aromatic heterocycles. The third-order valence-corrected chi connectivity index (χ3v) is 1.82. The van der Waals surface area contributed by atoms with Gasteiger partial charge in [0, 0.05) is 12.1 Å². The summed E-state index contributed by atoms with van der Waals surface area (Å²) in [4.78, 5) is 11.3. The minimum atomic E-state index is -4.28. The van der Waals surface area contributed by atoms with E-state index in [0.29, 0.717) is 0 Å². The molecule has 0 aliphatic rings. The van der Waals surface area contributed by atoms with Gasteiger partial charge in [-0.1, -0.05) is 0 Å². The fourth-order valence-corrected chi connectivity index (χ4v) is 1.03. The second-order valence-corrected chi connectivity index (χ2v) is 3.17. The third-order valence-electron chi connectivity index (χ3n) is 1.82. The van der Waals surface area contributed by atoms with Crippen molar-refractivity contribution in [2.45, 2.75) is 12.6 Å². The minimum absolute atomic E-state index is 0.00755. The highest BCUT2D eigenvalue weighted by atomic mass is 19.4. The van der Waals surface area contributed by atoms with Crippen molar-refractivity contribution in [2.24, 2.45) is 0 Å². The molecule has 0 radical (unpaired) electrons. The second-order valence-electron chi connectivity index (χ2n) is 3.17. The summed E-state index contributed by atoms with van der Waals surface area (Å²) in [6, 6.07) is 5.24. The molecule has 6 heteroatoms. The topological polar surface area (TPSA) is 49.3 Å². The van der Waals surface area contributed by atoms with E-state index >= 15 is 0 Å². The van der Waals surface area contributed by atoms with Crippen LogP contribution in [0.5, 0.6) is 5.75 Å². The Hall–Kier alpha value is -1.72. The van der Waals surface area contributed by atoms with Gasteiger partial charge in [-0.3, -0.25) is 4.79 Å². The maximum absolute atomic E-state index is 11.8. The SMILES string of the molecule is O=C(NCCC(F)(F)F)c1ccc(O)cc1. The fourth-order valence-electron chi connectivity index (χ4n) is 1.03. The number of hydrogen-bond donors (Lipinski definition) is 2. The van der Waals surface area contributed by atoms with Crippen molar-refractivity contribution in [3.05, 3.63) is 29.8 Å². The molecule has 0 atom stereocenters. The number of carbonyl (C=O) groups is 1. The number of benzene rings is 1. The number of halogens is 3. The summed E-state index contributed by atoms with van der Waals surface area (Å²) < 4.78 is 35.3. The summed E-state index contributed by atoms with van der Waals surface area (Å²) in [6.45, 7) is -0.455. The largest absolute Gasteiger partial charge is 0.508 e. The molecule has 0 heterocycles. The molecule has 1 aromatic carbocycles. The molecule has 0 unspecified atom stereocenters. The van der Waals surface area contributed by atoms with Crippen molar-refractivity contribution in [2.75, 3.05) is 6.54 Å². The van der Waals surface area contributed by atoms with Crippen molar-refractivity contribution in [1.82, 2.24) is 5.32 Å². The molecule has 0 bridgehead atoms. The van der Waals surface area contributed by atoms with E-state index in [1.54, 1.807) is 0 Å². The highest BCUT2D eigenvalue weighted by molar-refractivity contribution is 5.94. The van der Waals surface area contributed by atoms with E-state index < -0.39 is 25.0 Å². The van der Waals surface area contributed by atoms with Gasteiger partial charge in [0.25, 0.3) is 5.91 Å². The molecule has 1 aromatic rings. The summed E-state index contributed by atoms with van der Waals surface area (Å²) in [5, 5.41) is 11.1. The predicted octanol–water partition coefficient (Wildman–Crippen LogP) is 2.07. The van der Waals surface area contributed by atoms with E-state index in [0.717, 1.165) is 0 Å². The van der Waals surface area contributed by atoms with E-state index in [2.05, 4.69) is 5.32 Å². The smallest absolute Gasteiger partial charge is 0.390 e. The zero-order chi connectivity index (χ0) is 12.2. The van der Waals surface area contributed by atoms with E-state index in [-0.39, 0.29) is 11.3 Å². The first-order valence-electron chi connectivity index (χ1n) is 4.52. The number of nitrogens with one attached hydrogen (secondary N) is 1. The molecule has 0 aliphatic heterocycles. The summed E-state index contributed by atoms with van der Waals surface area (Å²) in [7, 11) is 0. The Balaban J connectivity index is 2.44. The lowest BCUT2D eigenvalue weighted by atomic mass is 10.2. The molecule has 0 fully saturated rings. The third kappa shape index (κ3) is 4.20. The van der Waals surface area contributed by atoms with Gasteiger partial charge in [-0.2, -0.15) is 13.2 Å². The molecule has 0 aliphatic carbocycles. The first kappa shape index (κ1) is 12.4. The van der Waals surface area contributed by atoms with Gasteiger partial charge < -0.3 is 10.4 Å². The molecule has 16 heavy (non-hydrogen) atoms. The van der Waals surface area contributed by atoms with E-state index in [9.17, 15) is 18.0 Å². The van der Waals surface area contributed by atoms with E-state index in [1.165, 1.54) is 24.3 Å². The zero-order valence-corrected chi connectivity index (χ0v) is 8.21. The standard InChI is InChI=1S/C10H10F3NO2/c11-10(12,13)5-6-14-9(16)7-1-3-8(15)4-2-7/h1-4,15H,5-6H2,(H,14,16). The van der Waals surface area contributed by atoms with Crippen LogP contribution in [0.15, 0.2) is 24.3 Å². The molecule has 88 valence electrons. The number of rotatable bonds is 3. The normalized spacial score (nSPS) is 11.2. The Morgan fingerprint density at radius 3 is 2.31 bits per heavy atom. The number of phenolic OH excluding ortho intramolecular Hbond substituents is 1. The van der Waals surface area contributed by atoms with Crippen LogP contribution in [-0.2, 0) is 0 Å². The summed E-state index contributed by atoms with van der Waals surface area (Å²) >= 11 is 0. The Morgan fingerprint density at radius 1 is 1.25 bits per heavy atom. The van der Waals surface area contributed by atoms with Gasteiger partial charge in [-0.05, 0) is 24.3 Å². The maximum Gasteiger partial charge on any atom is 0.390 e. The van der Waals surface area contributed by atoms with Crippen molar-refractivity contribution in [3.63, 3.8) is 0 Å². The van der Waals surface area contributed by atoms with Gasteiger partial charge in [0.05, 0.1) is 6.42 Å². The fraction of sp³-hybridized carbons (Fsp3) is 0.300. The average molecular weight is 233 g/mol. The van der Waals surface area contributed by atoms with Crippen molar-refractivity contribution in [3.8, 4) is 5.75 Å². The molecule has 3 nitrogen and oxygen atoms in total. The summed E-state index contributed by atoms with van der Waals surface area (Å²) in [6.07, 6.45) is -5.33. The monoisotopic (exact) mass is 233 g/mol. The number of hydrogen-bond acceptors (Lipinski definition) is 2. The molecule has 1 rings (SSSR count). The van der Waals surface area contributed by atoms with Crippen LogP contribution in [0, 0.1) is 0 Å². The van der Waals surface area contributed by atoms with Crippen LogP contribution in [-0.4, -0.2) is 23.7 Å². The first-order chi connectivity index (χ1) is 7.38. The summed E-state index contributed by atoms with van der Waals surface area (Å²) in [5.41, 5.74) is 0.208. The Bertz CT molecular complexity index is 359. The average Bonchev–Trinajstić information content (AvgIpc) is 2.16. The molecule has 0 spiro atoms. The molecule has 0 saturated heterocycles. The lowest BCUT2D eigenvalue weighted by Crippen LogP contribution is -2.27. The number of phenols is 1. The van der Waals surface area contributed by atoms with E-state index in [1.807, 2.05) is 0 Å². The van der Waals surface area contributed by atoms with Crippen LogP contribution in [0.4, 0.5) is 13.2 Å². The van der Waals surface area contributed by atoms with Crippen molar-refractivity contribution in [1.29, 1.82) is 0 Å². The molecule has 1 amide bonds. The molecule has 0 saturated carbocycles. The molecular formula is C10H10F3NO2. The van der Waals surface area contributed by atoms with Gasteiger partial charge in [-0.15, -0.1) is 0 Å². The lowest BCUT2D eigenvalue weighted by Gasteiger charge is -2.07. The summed E-state index contributed by atoms with van der Waals surface area (Å²) in [5.74, 6) is -0.601. The molecule has 2 N–H and O–H groups in total. The zero-order valence-electron chi connectivity index (χ0n) is 8.21. The van der Waals surface area contributed by atoms with Crippen LogP contribution < -0.4 is 5.32 Å². The van der Waals surface area contributed by atoms with Crippen LogP contribution in [0.1, 0.15) is 16.8 Å². The van der Waals surface area contributed by atoms with Crippen LogP contribution in [0.2, 0.25) is 0 Å². The number of amides is 1. The van der Waals surface area contributed by atoms with Crippen LogP contribution in [0.25, 0.3) is 0 Å². The number of aromatic hydroxyl groups is 1. The van der Waals surface area contributed by atoms with E-state index in [4.69, 9.17) is 5.11 Å². The predicted molar refractivity (Wildman–Crippen MR) is 51.1 cm³/mol. The Kier molecular flexibility index (Phi) is 3.76. The molecular weight excluding hydrogens is 223 g/mol. The van der Waals surface area contributed by atoms with Gasteiger partial charge in [0.1, 0.15) is 5.75 Å². The van der Waals surface area contributed by atoms with Crippen LogP contribution >= 0.6 is 0 Å². The van der Waals surface area contributed by atoms with Crippen LogP contribution in [0.3, 0.4) is 0 Å². The van der Waals surface area contributed by atoms with Crippen molar-refractivity contribution >= 4 is 5.91 Å². The highest BCUT2D eigenvalue weighted by Crippen LogP contribution is 2.18. The number of carbonyl (C=O) groups excluding carboxylic acids is 1. The lowest BCUT2D eigenvalue weighted by molar-refractivity contribution is -0.132. The first-order valence-corrected chi connectivity index (χ1v) is 4.52. The maximum atomic E-state index is 11.8. The number of alkyl halides is 3. The Morgan fingerprint density at radius 2 is 1.81 bits per heavy atom. The second kappa shape index (κ2) is 4.87. The van der Waals surface area contributed by atoms with Gasteiger partial charge in [0.15, 0.2) is 0 Å². The minimum Gasteiger partial charge on any atom is -0.508 e. The Labute approximate surface area is 89.9 Å². The van der Waals surface area contributed by atoms with Gasteiger partial charge >= 0.3 is 6.18 Å². The van der Waals surface area contributed by atoms with Gasteiger partial charge in [-0.25, -0.2) is 0 Å². The quantitative estimate of drug-likeness (QED) is 0.839. The highest BCUT2D eigenvalue weighted by Gasteiger charge is 2.26. The van der Waals surface area contributed by atoms with Crippen molar-refractivity contribution < 1.29 is 23.1 Å². The van der Waals surface area contributed by atoms with Gasteiger partial charge in [0.2, 0.25) is 0 Å².